The second kappa shape index (κ2) is 10.4. The fraction of sp³-hybridized carbons (Fsp3) is 0.348. The van der Waals surface area contributed by atoms with E-state index in [0.29, 0.717) is 11.4 Å². The third kappa shape index (κ3) is 6.48. The van der Waals surface area contributed by atoms with E-state index in [2.05, 4.69) is 51.5 Å². The molecule has 0 bridgehead atoms. The Balaban J connectivity index is 1.35. The van der Waals surface area contributed by atoms with Gasteiger partial charge in [0.25, 0.3) is 0 Å². The van der Waals surface area contributed by atoms with Gasteiger partial charge in [0.1, 0.15) is 0 Å². The lowest BCUT2D eigenvalue weighted by molar-refractivity contribution is -0.116. The molecule has 5 heteroatoms. The first-order valence-corrected chi connectivity index (χ1v) is 10.2. The summed E-state index contributed by atoms with van der Waals surface area (Å²) in [5, 5.41) is 3.67. The van der Waals surface area contributed by atoms with Crippen LogP contribution in [0.5, 0.6) is 0 Å². The molecule has 4 nitrogen and oxygen atoms in total. The van der Waals surface area contributed by atoms with Crippen LogP contribution in [0.4, 0.5) is 5.69 Å². The van der Waals surface area contributed by atoms with Crippen LogP contribution in [0.2, 0.25) is 5.02 Å². The monoisotopic (exact) mass is 397 g/mol. The van der Waals surface area contributed by atoms with Crippen LogP contribution in [-0.2, 0) is 4.79 Å². The number of carbonyl (C=O) groups excluding carboxylic acids is 1. The summed E-state index contributed by atoms with van der Waals surface area (Å²) in [5.74, 6) is 0.0543. The smallest absolute Gasteiger partial charge is 0.225 e. The summed E-state index contributed by atoms with van der Waals surface area (Å²) in [6, 6.07) is 15.9. The highest BCUT2D eigenvalue weighted by Crippen LogP contribution is 2.19. The number of hydrogen-bond acceptors (Lipinski definition) is 3. The Hall–Kier alpha value is -2.14. The summed E-state index contributed by atoms with van der Waals surface area (Å²) in [6.07, 6.45) is 4.92. The van der Waals surface area contributed by atoms with Crippen molar-refractivity contribution in [3.8, 4) is 0 Å². The molecular formula is C23H28ClN3O. The Morgan fingerprint density at radius 1 is 1.07 bits per heavy atom. The lowest BCUT2D eigenvalue weighted by Crippen LogP contribution is -2.46. The number of anilines is 1. The van der Waals surface area contributed by atoms with Crippen LogP contribution in [0, 0.1) is 6.92 Å². The van der Waals surface area contributed by atoms with E-state index >= 15 is 0 Å². The molecule has 2 aromatic carbocycles. The maximum absolute atomic E-state index is 12.2. The minimum atomic E-state index is 0.0543. The number of halogens is 1. The van der Waals surface area contributed by atoms with Gasteiger partial charge in [-0.05, 0) is 36.2 Å². The number of piperazine rings is 1. The van der Waals surface area contributed by atoms with Gasteiger partial charge in [-0.3, -0.25) is 9.69 Å². The minimum Gasteiger partial charge on any atom is -0.326 e. The highest BCUT2D eigenvalue weighted by molar-refractivity contribution is 6.30. The Bertz CT molecular complexity index is 799. The summed E-state index contributed by atoms with van der Waals surface area (Å²) in [4.78, 5) is 17.1. The average molecular weight is 398 g/mol. The second-order valence-corrected chi connectivity index (χ2v) is 7.65. The molecule has 0 radical (unpaired) electrons. The van der Waals surface area contributed by atoms with E-state index in [4.69, 9.17) is 11.6 Å². The summed E-state index contributed by atoms with van der Waals surface area (Å²) in [6.45, 7) is 7.81. The van der Waals surface area contributed by atoms with Crippen LogP contribution < -0.4 is 5.32 Å². The minimum absolute atomic E-state index is 0.0543. The number of rotatable bonds is 7. The first kappa shape index (κ1) is 20.6. The van der Waals surface area contributed by atoms with Crippen LogP contribution in [0.1, 0.15) is 17.5 Å². The molecule has 1 saturated heterocycles. The van der Waals surface area contributed by atoms with E-state index in [0.717, 1.165) is 50.5 Å². The zero-order valence-corrected chi connectivity index (χ0v) is 17.2. The fourth-order valence-electron chi connectivity index (χ4n) is 3.34. The quantitative estimate of drug-likeness (QED) is 0.756. The van der Waals surface area contributed by atoms with Crippen molar-refractivity contribution in [1.29, 1.82) is 0 Å². The number of amides is 1. The highest BCUT2D eigenvalue weighted by Gasteiger charge is 2.16. The molecule has 1 heterocycles. The highest BCUT2D eigenvalue weighted by atomic mass is 35.5. The van der Waals surface area contributed by atoms with E-state index in [1.54, 1.807) is 6.07 Å². The molecular weight excluding hydrogens is 370 g/mol. The predicted molar refractivity (Wildman–Crippen MR) is 118 cm³/mol. The molecule has 148 valence electrons. The third-order valence-electron chi connectivity index (χ3n) is 5.06. The second-order valence-electron chi connectivity index (χ2n) is 7.21. The summed E-state index contributed by atoms with van der Waals surface area (Å²) in [5.41, 5.74) is 3.06. The van der Waals surface area contributed by atoms with Crippen molar-refractivity contribution in [2.45, 2.75) is 13.3 Å². The standard InChI is InChI=1S/C23H28ClN3O/c1-19-18-21(24)9-10-22(19)25-23(28)11-13-27-16-14-26(15-17-27)12-5-8-20-6-3-2-4-7-20/h2-10,18H,11-17H2,1H3,(H,25,28)/b8-5+. The Labute approximate surface area is 172 Å². The van der Waals surface area contributed by atoms with Gasteiger partial charge in [-0.15, -0.1) is 0 Å². The van der Waals surface area contributed by atoms with Gasteiger partial charge in [0, 0.05) is 56.4 Å². The number of carbonyl (C=O) groups is 1. The fourth-order valence-corrected chi connectivity index (χ4v) is 3.56. The first-order valence-electron chi connectivity index (χ1n) is 9.82. The van der Waals surface area contributed by atoms with Crippen molar-refractivity contribution in [2.75, 3.05) is 44.6 Å². The van der Waals surface area contributed by atoms with Gasteiger partial charge in [0.05, 0.1) is 0 Å². The first-order chi connectivity index (χ1) is 13.6. The van der Waals surface area contributed by atoms with Crippen molar-refractivity contribution in [2.24, 2.45) is 0 Å². The van der Waals surface area contributed by atoms with Crippen molar-refractivity contribution < 1.29 is 4.79 Å². The molecule has 0 aliphatic carbocycles. The van der Waals surface area contributed by atoms with Gasteiger partial charge in [-0.2, -0.15) is 0 Å². The van der Waals surface area contributed by atoms with E-state index in [1.165, 1.54) is 5.56 Å². The number of hydrogen-bond donors (Lipinski definition) is 1. The molecule has 0 aromatic heterocycles. The van der Waals surface area contributed by atoms with Crippen LogP contribution in [0.25, 0.3) is 6.08 Å². The summed E-state index contributed by atoms with van der Waals surface area (Å²) in [7, 11) is 0. The predicted octanol–water partition coefficient (Wildman–Crippen LogP) is 4.31. The van der Waals surface area contributed by atoms with Gasteiger partial charge >= 0.3 is 0 Å². The van der Waals surface area contributed by atoms with Crippen molar-refractivity contribution in [1.82, 2.24) is 9.80 Å². The van der Waals surface area contributed by atoms with Crippen molar-refractivity contribution in [3.63, 3.8) is 0 Å². The van der Waals surface area contributed by atoms with Crippen LogP contribution in [0.3, 0.4) is 0 Å². The van der Waals surface area contributed by atoms with Crippen LogP contribution in [0.15, 0.2) is 54.6 Å². The van der Waals surface area contributed by atoms with E-state index in [-0.39, 0.29) is 5.91 Å². The molecule has 0 atom stereocenters. The number of nitrogens with one attached hydrogen (secondary N) is 1. The van der Waals surface area contributed by atoms with E-state index in [1.807, 2.05) is 25.1 Å². The molecule has 0 unspecified atom stereocenters. The average Bonchev–Trinajstić information content (AvgIpc) is 2.70. The van der Waals surface area contributed by atoms with Crippen LogP contribution >= 0.6 is 11.6 Å². The lowest BCUT2D eigenvalue weighted by atomic mass is 10.2. The van der Waals surface area contributed by atoms with Gasteiger partial charge < -0.3 is 10.2 Å². The van der Waals surface area contributed by atoms with Gasteiger partial charge in [0.15, 0.2) is 0 Å². The Kier molecular flexibility index (Phi) is 7.66. The van der Waals surface area contributed by atoms with Gasteiger partial charge in [-0.1, -0.05) is 54.1 Å². The van der Waals surface area contributed by atoms with E-state index in [9.17, 15) is 4.79 Å². The molecule has 0 spiro atoms. The van der Waals surface area contributed by atoms with Gasteiger partial charge in [-0.25, -0.2) is 0 Å². The number of aryl methyl sites for hydroxylation is 1. The van der Waals surface area contributed by atoms with E-state index < -0.39 is 0 Å². The lowest BCUT2D eigenvalue weighted by Gasteiger charge is -2.34. The van der Waals surface area contributed by atoms with Crippen LogP contribution in [-0.4, -0.2) is 55.0 Å². The SMILES string of the molecule is Cc1cc(Cl)ccc1NC(=O)CCN1CCN(C/C=C/c2ccccc2)CC1. The topological polar surface area (TPSA) is 35.6 Å². The number of benzene rings is 2. The third-order valence-corrected chi connectivity index (χ3v) is 5.29. The molecule has 2 aromatic rings. The van der Waals surface area contributed by atoms with Crippen molar-refractivity contribution in [3.05, 3.63) is 70.8 Å². The molecule has 28 heavy (non-hydrogen) atoms. The Morgan fingerprint density at radius 3 is 2.50 bits per heavy atom. The largest absolute Gasteiger partial charge is 0.326 e. The molecule has 1 N–H and O–H groups in total. The summed E-state index contributed by atoms with van der Waals surface area (Å²) >= 11 is 5.96. The molecule has 1 aliphatic rings. The molecule has 0 saturated carbocycles. The zero-order valence-electron chi connectivity index (χ0n) is 16.4. The molecule has 3 rings (SSSR count). The van der Waals surface area contributed by atoms with Gasteiger partial charge in [0.2, 0.25) is 5.91 Å². The maximum Gasteiger partial charge on any atom is 0.225 e. The van der Waals surface area contributed by atoms with Crippen molar-refractivity contribution >= 4 is 29.3 Å². The molecule has 1 amide bonds. The maximum atomic E-state index is 12.2. The number of nitrogens with zero attached hydrogens (tertiary/aromatic N) is 2. The normalized spacial score (nSPS) is 15.8. The Morgan fingerprint density at radius 2 is 1.79 bits per heavy atom. The molecule has 1 aliphatic heterocycles. The summed E-state index contributed by atoms with van der Waals surface area (Å²) < 4.78 is 0. The molecule has 1 fully saturated rings. The zero-order chi connectivity index (χ0) is 19.8.